The van der Waals surface area contributed by atoms with E-state index in [1.807, 2.05) is 30.3 Å². The van der Waals surface area contributed by atoms with Gasteiger partial charge in [0.05, 0.1) is 11.1 Å². The summed E-state index contributed by atoms with van der Waals surface area (Å²) >= 11 is 0. The molecule has 0 aromatic heterocycles. The summed E-state index contributed by atoms with van der Waals surface area (Å²) < 4.78 is 79.9. The van der Waals surface area contributed by atoms with Gasteiger partial charge in [0.2, 0.25) is 5.91 Å². The van der Waals surface area contributed by atoms with E-state index >= 15 is 0 Å². The molecule has 3 nitrogen and oxygen atoms in total. The molecule has 0 bridgehead atoms. The molecule has 0 aliphatic carbocycles. The van der Waals surface area contributed by atoms with Crippen LogP contribution < -0.4 is 10.2 Å². The number of piperidine rings is 1. The van der Waals surface area contributed by atoms with E-state index in [9.17, 15) is 31.1 Å². The highest BCUT2D eigenvalue weighted by atomic mass is 19.4. The van der Waals surface area contributed by atoms with Crippen molar-refractivity contribution in [2.75, 3.05) is 24.5 Å². The molecule has 3 rings (SSSR count). The van der Waals surface area contributed by atoms with Crippen LogP contribution in [0.4, 0.5) is 32.0 Å². The van der Waals surface area contributed by atoms with Crippen molar-refractivity contribution < 1.29 is 31.1 Å². The van der Waals surface area contributed by atoms with Gasteiger partial charge in [-0.1, -0.05) is 30.3 Å². The van der Waals surface area contributed by atoms with Crippen LogP contribution in [0.2, 0.25) is 0 Å². The lowest BCUT2D eigenvalue weighted by Crippen LogP contribution is -2.49. The van der Waals surface area contributed by atoms with E-state index in [1.54, 1.807) is 0 Å². The summed E-state index contributed by atoms with van der Waals surface area (Å²) in [6, 6.07) is 10.5. The molecule has 168 valence electrons. The molecule has 1 fully saturated rings. The van der Waals surface area contributed by atoms with Crippen molar-refractivity contribution in [1.29, 1.82) is 0 Å². The van der Waals surface area contributed by atoms with Crippen LogP contribution >= 0.6 is 0 Å². The maximum atomic E-state index is 13.3. The van der Waals surface area contributed by atoms with Crippen LogP contribution in [0.5, 0.6) is 0 Å². The van der Waals surface area contributed by atoms with Crippen molar-refractivity contribution in [2.24, 2.45) is 0 Å². The average Bonchev–Trinajstić information content (AvgIpc) is 2.71. The quantitative estimate of drug-likeness (QED) is 0.641. The molecule has 1 saturated heterocycles. The van der Waals surface area contributed by atoms with Gasteiger partial charge in [0, 0.05) is 24.6 Å². The number of halogens is 6. The van der Waals surface area contributed by atoms with Crippen molar-refractivity contribution in [3.8, 4) is 0 Å². The minimum absolute atomic E-state index is 0.0212. The first kappa shape index (κ1) is 23.1. The SMILES string of the molecule is CC(=O)N(CC1(c2ccccc2)CCNCC1)c1cc(C(F)(F)F)cc(C(F)(F)F)c1. The Hall–Kier alpha value is -2.55. The fraction of sp³-hybridized carbons (Fsp3) is 0.409. The molecule has 0 radical (unpaired) electrons. The number of carbonyl (C=O) groups is 1. The van der Waals surface area contributed by atoms with Crippen molar-refractivity contribution in [2.45, 2.75) is 37.5 Å². The monoisotopic (exact) mass is 444 g/mol. The molecule has 0 saturated carbocycles. The van der Waals surface area contributed by atoms with Crippen LogP contribution in [0.15, 0.2) is 48.5 Å². The minimum atomic E-state index is -4.98. The van der Waals surface area contributed by atoms with Gasteiger partial charge in [-0.15, -0.1) is 0 Å². The largest absolute Gasteiger partial charge is 0.416 e. The Balaban J connectivity index is 2.10. The molecule has 2 aromatic carbocycles. The van der Waals surface area contributed by atoms with Gasteiger partial charge in [-0.05, 0) is 49.7 Å². The van der Waals surface area contributed by atoms with Crippen LogP contribution in [0.3, 0.4) is 0 Å². The number of anilines is 1. The number of carbonyl (C=O) groups excluding carboxylic acids is 1. The van der Waals surface area contributed by atoms with Crippen molar-refractivity contribution in [1.82, 2.24) is 5.32 Å². The van der Waals surface area contributed by atoms with Crippen LogP contribution in [-0.4, -0.2) is 25.5 Å². The summed E-state index contributed by atoms with van der Waals surface area (Å²) in [6.07, 6.45) is -8.79. The Labute approximate surface area is 176 Å². The van der Waals surface area contributed by atoms with Gasteiger partial charge in [-0.3, -0.25) is 4.79 Å². The average molecular weight is 444 g/mol. The van der Waals surface area contributed by atoms with Gasteiger partial charge in [-0.25, -0.2) is 0 Å². The van der Waals surface area contributed by atoms with Crippen LogP contribution in [0, 0.1) is 0 Å². The lowest BCUT2D eigenvalue weighted by Gasteiger charge is -2.42. The predicted octanol–water partition coefficient (Wildman–Crippen LogP) is 5.40. The lowest BCUT2D eigenvalue weighted by atomic mass is 9.72. The van der Waals surface area contributed by atoms with Crippen LogP contribution in [0.25, 0.3) is 0 Å². The van der Waals surface area contributed by atoms with Gasteiger partial charge in [0.25, 0.3) is 0 Å². The van der Waals surface area contributed by atoms with E-state index in [0.717, 1.165) is 17.4 Å². The Morgan fingerprint density at radius 2 is 1.45 bits per heavy atom. The predicted molar refractivity (Wildman–Crippen MR) is 105 cm³/mol. The normalized spacial score (nSPS) is 16.7. The highest BCUT2D eigenvalue weighted by Crippen LogP contribution is 2.40. The summed E-state index contributed by atoms with van der Waals surface area (Å²) in [5.74, 6) is -0.624. The van der Waals surface area contributed by atoms with E-state index in [4.69, 9.17) is 0 Å². The molecular weight excluding hydrogens is 422 g/mol. The fourth-order valence-corrected chi connectivity index (χ4v) is 4.02. The molecule has 1 aliphatic rings. The Morgan fingerprint density at radius 1 is 0.935 bits per heavy atom. The molecule has 31 heavy (non-hydrogen) atoms. The molecule has 2 aromatic rings. The van der Waals surface area contributed by atoms with E-state index in [-0.39, 0.29) is 12.6 Å². The number of nitrogens with zero attached hydrogens (tertiary/aromatic N) is 1. The van der Waals surface area contributed by atoms with E-state index in [2.05, 4.69) is 5.32 Å². The van der Waals surface area contributed by atoms with Crippen LogP contribution in [0.1, 0.15) is 36.5 Å². The minimum Gasteiger partial charge on any atom is -0.317 e. The second kappa shape index (κ2) is 8.53. The molecule has 9 heteroatoms. The first-order chi connectivity index (χ1) is 14.4. The molecule has 0 atom stereocenters. The zero-order valence-electron chi connectivity index (χ0n) is 16.8. The molecule has 1 aliphatic heterocycles. The third-order valence-corrected chi connectivity index (χ3v) is 5.67. The number of hydrogen-bond acceptors (Lipinski definition) is 2. The third kappa shape index (κ3) is 5.20. The fourth-order valence-electron chi connectivity index (χ4n) is 4.02. The van der Waals surface area contributed by atoms with Crippen molar-refractivity contribution in [3.63, 3.8) is 0 Å². The van der Waals surface area contributed by atoms with Gasteiger partial charge in [0.1, 0.15) is 0 Å². The molecular formula is C22H22F6N2O. The second-order valence-electron chi connectivity index (χ2n) is 7.77. The number of nitrogens with one attached hydrogen (secondary N) is 1. The number of rotatable bonds is 4. The number of alkyl halides is 6. The summed E-state index contributed by atoms with van der Waals surface area (Å²) in [6.45, 7) is 2.37. The van der Waals surface area contributed by atoms with E-state index in [1.165, 1.54) is 0 Å². The maximum Gasteiger partial charge on any atom is 0.416 e. The van der Waals surface area contributed by atoms with Crippen LogP contribution in [-0.2, 0) is 22.6 Å². The molecule has 0 unspecified atom stereocenters. The topological polar surface area (TPSA) is 32.3 Å². The first-order valence-corrected chi connectivity index (χ1v) is 9.76. The summed E-state index contributed by atoms with van der Waals surface area (Å²) in [5, 5.41) is 3.21. The highest BCUT2D eigenvalue weighted by molar-refractivity contribution is 5.92. The smallest absolute Gasteiger partial charge is 0.317 e. The number of benzene rings is 2. The van der Waals surface area contributed by atoms with E-state index < -0.39 is 40.5 Å². The summed E-state index contributed by atoms with van der Waals surface area (Å²) in [4.78, 5) is 13.5. The number of hydrogen-bond donors (Lipinski definition) is 1. The zero-order chi connectivity index (χ0) is 22.9. The zero-order valence-corrected chi connectivity index (χ0v) is 16.8. The van der Waals surface area contributed by atoms with Crippen molar-refractivity contribution in [3.05, 3.63) is 65.2 Å². The Kier molecular flexibility index (Phi) is 6.36. The third-order valence-electron chi connectivity index (χ3n) is 5.67. The highest BCUT2D eigenvalue weighted by Gasteiger charge is 2.40. The standard InChI is InChI=1S/C22H22F6N2O/c1-15(31)30(14-20(7-9-29-10-8-20)16-5-3-2-4-6-16)19-12-17(21(23,24)25)11-18(13-19)22(26,27)28/h2-6,11-13,29H,7-10,14H2,1H3. The van der Waals surface area contributed by atoms with E-state index in [0.29, 0.717) is 38.1 Å². The van der Waals surface area contributed by atoms with Gasteiger partial charge in [-0.2, -0.15) is 26.3 Å². The van der Waals surface area contributed by atoms with Crippen molar-refractivity contribution >= 4 is 11.6 Å². The Bertz CT molecular complexity index is 886. The van der Waals surface area contributed by atoms with Gasteiger partial charge < -0.3 is 10.2 Å². The maximum absolute atomic E-state index is 13.3. The Morgan fingerprint density at radius 3 is 1.90 bits per heavy atom. The molecule has 0 spiro atoms. The number of amides is 1. The first-order valence-electron chi connectivity index (χ1n) is 9.76. The van der Waals surface area contributed by atoms with Gasteiger partial charge >= 0.3 is 12.4 Å². The summed E-state index contributed by atoms with van der Waals surface area (Å²) in [7, 11) is 0. The second-order valence-corrected chi connectivity index (χ2v) is 7.77. The lowest BCUT2D eigenvalue weighted by molar-refractivity contribution is -0.143. The molecule has 1 amide bonds. The molecule has 1 heterocycles. The molecule has 1 N–H and O–H groups in total. The summed E-state index contributed by atoms with van der Waals surface area (Å²) in [5.41, 5.74) is -3.00. The van der Waals surface area contributed by atoms with Gasteiger partial charge in [0.15, 0.2) is 0 Å².